The normalized spacial score (nSPS) is 13.1. The third-order valence-electron chi connectivity index (χ3n) is 0.843. The summed E-state index contributed by atoms with van der Waals surface area (Å²) in [6.45, 7) is 3.72. The van der Waals surface area contributed by atoms with Crippen LogP contribution >= 0.6 is 0 Å². The van der Waals surface area contributed by atoms with Gasteiger partial charge in [-0.15, -0.1) is 30.7 Å². The van der Waals surface area contributed by atoms with Crippen LogP contribution in [0.2, 0.25) is 0 Å². The van der Waals surface area contributed by atoms with Gasteiger partial charge in [-0.25, -0.2) is 0 Å². The van der Waals surface area contributed by atoms with Crippen molar-refractivity contribution in [2.75, 3.05) is 0 Å². The molecule has 0 N–H and O–H groups in total. The van der Waals surface area contributed by atoms with E-state index in [-0.39, 0.29) is 31.9 Å². The Balaban J connectivity index is 0. The second kappa shape index (κ2) is 6.13. The molecular weight excluding hydrogens is 185 g/mol. The van der Waals surface area contributed by atoms with Crippen molar-refractivity contribution in [2.24, 2.45) is 0 Å². The van der Waals surface area contributed by atoms with Gasteiger partial charge in [0, 0.05) is 0 Å². The van der Waals surface area contributed by atoms with Crippen LogP contribution in [-0.2, 0) is 19.5 Å². The summed E-state index contributed by atoms with van der Waals surface area (Å²) in [5, 5.41) is 0. The van der Waals surface area contributed by atoms with E-state index >= 15 is 0 Å². The summed E-state index contributed by atoms with van der Waals surface area (Å²) in [4.78, 5) is 0. The van der Waals surface area contributed by atoms with Gasteiger partial charge in [0.2, 0.25) is 0 Å². The van der Waals surface area contributed by atoms with Crippen molar-refractivity contribution in [1.29, 1.82) is 0 Å². The van der Waals surface area contributed by atoms with E-state index in [4.69, 9.17) is 0 Å². The zero-order valence-electron chi connectivity index (χ0n) is 5.18. The molecule has 0 amide bonds. The van der Waals surface area contributed by atoms with E-state index in [2.05, 4.69) is 6.58 Å². The average Bonchev–Trinajstić information content (AvgIpc) is 1.69. The molecule has 1 rings (SSSR count). The second-order valence-electron chi connectivity index (χ2n) is 1.49. The van der Waals surface area contributed by atoms with E-state index < -0.39 is 0 Å². The number of allylic oxidation sites excluding steroid dienone is 5. The van der Waals surface area contributed by atoms with Crippen molar-refractivity contribution in [3.8, 4) is 0 Å². The molecule has 0 nitrogen and oxygen atoms in total. The van der Waals surface area contributed by atoms with Crippen LogP contribution in [0.3, 0.4) is 0 Å². The molecule has 0 fully saturated rings. The summed E-state index contributed by atoms with van der Waals surface area (Å²) in [6, 6.07) is 0. The molecular formula is C7H7ClZn. The Morgan fingerprint density at radius 2 is 2.00 bits per heavy atom. The quantitative estimate of drug-likeness (QED) is 0.336. The predicted octanol–water partition coefficient (Wildman–Crippen LogP) is -1.13. The van der Waals surface area contributed by atoms with Gasteiger partial charge in [-0.1, -0.05) is 0 Å². The number of hydrogen-bond donors (Lipinski definition) is 0. The standard InChI is InChI=1S/C7H7.ClH.Zn/c1-7-5-3-2-4-6-7;;/h2-6H,1H2;1H;/q-1;;+2/p-1. The van der Waals surface area contributed by atoms with Gasteiger partial charge in [-0.3, -0.25) is 0 Å². The van der Waals surface area contributed by atoms with E-state index in [0.29, 0.717) is 0 Å². The summed E-state index contributed by atoms with van der Waals surface area (Å²) >= 11 is 0. The van der Waals surface area contributed by atoms with Crippen molar-refractivity contribution in [2.45, 2.75) is 0 Å². The molecule has 1 aliphatic carbocycles. The number of rotatable bonds is 0. The zero-order chi connectivity index (χ0) is 5.11. The van der Waals surface area contributed by atoms with Crippen LogP contribution in [0.5, 0.6) is 0 Å². The molecule has 0 bridgehead atoms. The van der Waals surface area contributed by atoms with Gasteiger partial charge in [0.1, 0.15) is 0 Å². The van der Waals surface area contributed by atoms with Crippen LogP contribution in [-0.4, -0.2) is 0 Å². The first-order chi connectivity index (χ1) is 3.39. The van der Waals surface area contributed by atoms with Gasteiger partial charge in [0.15, 0.2) is 0 Å². The van der Waals surface area contributed by atoms with Crippen LogP contribution in [0.4, 0.5) is 0 Å². The SMILES string of the molecule is C=C1C=CC=C[CH-]1.[Cl-].[Zn+2]. The van der Waals surface area contributed by atoms with Crippen LogP contribution in [0.1, 0.15) is 0 Å². The molecule has 0 atom stereocenters. The largest absolute Gasteiger partial charge is 2.00 e. The fourth-order valence-electron chi connectivity index (χ4n) is 0.478. The molecule has 44 valence electrons. The maximum Gasteiger partial charge on any atom is 2.00 e. The van der Waals surface area contributed by atoms with Crippen LogP contribution in [0.25, 0.3) is 0 Å². The predicted molar refractivity (Wildman–Crippen MR) is 31.7 cm³/mol. The topological polar surface area (TPSA) is 0 Å². The van der Waals surface area contributed by atoms with E-state index in [0.717, 1.165) is 5.57 Å². The Labute approximate surface area is 74.9 Å². The summed E-state index contributed by atoms with van der Waals surface area (Å²) < 4.78 is 0. The van der Waals surface area contributed by atoms with E-state index in [1.165, 1.54) is 0 Å². The Kier molecular flexibility index (Phi) is 8.01. The summed E-state index contributed by atoms with van der Waals surface area (Å²) in [5.41, 5.74) is 1.07. The molecule has 1 aliphatic rings. The average molecular weight is 192 g/mol. The molecule has 0 aliphatic heterocycles. The Bertz CT molecular complexity index is 136. The van der Waals surface area contributed by atoms with Gasteiger partial charge in [0.25, 0.3) is 0 Å². The first-order valence-electron chi connectivity index (χ1n) is 2.26. The Morgan fingerprint density at radius 1 is 1.33 bits per heavy atom. The maximum absolute atomic E-state index is 3.72. The summed E-state index contributed by atoms with van der Waals surface area (Å²) in [6.07, 6.45) is 9.87. The summed E-state index contributed by atoms with van der Waals surface area (Å²) in [5.74, 6) is 0. The second-order valence-corrected chi connectivity index (χ2v) is 1.49. The Hall–Kier alpha value is 0.00338. The van der Waals surface area contributed by atoms with Gasteiger partial charge >= 0.3 is 19.5 Å². The van der Waals surface area contributed by atoms with Crippen molar-refractivity contribution in [3.05, 3.63) is 42.9 Å². The molecule has 0 radical (unpaired) electrons. The molecule has 9 heavy (non-hydrogen) atoms. The number of halogens is 1. The molecule has 2 heteroatoms. The Morgan fingerprint density at radius 3 is 2.22 bits per heavy atom. The van der Waals surface area contributed by atoms with Crippen molar-refractivity contribution >= 4 is 0 Å². The minimum Gasteiger partial charge on any atom is -1.00 e. The van der Waals surface area contributed by atoms with Crippen LogP contribution in [0, 0.1) is 6.42 Å². The first-order valence-corrected chi connectivity index (χ1v) is 2.26. The first kappa shape index (κ1) is 11.8. The molecule has 0 spiro atoms. The fourth-order valence-corrected chi connectivity index (χ4v) is 0.478. The number of hydrogen-bond acceptors (Lipinski definition) is 0. The summed E-state index contributed by atoms with van der Waals surface area (Å²) in [7, 11) is 0. The smallest absolute Gasteiger partial charge is 1.00 e. The molecule has 0 unspecified atom stereocenters. The van der Waals surface area contributed by atoms with Crippen LogP contribution < -0.4 is 12.4 Å². The third-order valence-corrected chi connectivity index (χ3v) is 0.843. The van der Waals surface area contributed by atoms with Gasteiger partial charge < -0.3 is 12.4 Å². The van der Waals surface area contributed by atoms with E-state index in [1.807, 2.05) is 30.7 Å². The molecule has 0 saturated heterocycles. The minimum atomic E-state index is 0. The molecule has 0 aromatic carbocycles. The molecule has 0 aromatic rings. The van der Waals surface area contributed by atoms with Gasteiger partial charge in [0.05, 0.1) is 0 Å². The van der Waals surface area contributed by atoms with E-state index in [9.17, 15) is 0 Å². The fraction of sp³-hybridized carbons (Fsp3) is 0. The molecule has 0 heterocycles. The van der Waals surface area contributed by atoms with E-state index in [1.54, 1.807) is 0 Å². The maximum atomic E-state index is 3.72. The van der Waals surface area contributed by atoms with Crippen molar-refractivity contribution in [1.82, 2.24) is 0 Å². The van der Waals surface area contributed by atoms with Crippen molar-refractivity contribution < 1.29 is 31.9 Å². The van der Waals surface area contributed by atoms with Crippen LogP contribution in [0.15, 0.2) is 36.5 Å². The third kappa shape index (κ3) is 4.50. The minimum absolute atomic E-state index is 0. The monoisotopic (exact) mass is 190 g/mol. The zero-order valence-corrected chi connectivity index (χ0v) is 8.90. The molecule has 0 saturated carbocycles. The van der Waals surface area contributed by atoms with Gasteiger partial charge in [-0.2, -0.15) is 12.2 Å². The molecule has 0 aromatic heterocycles. The van der Waals surface area contributed by atoms with Gasteiger partial charge in [-0.05, 0) is 0 Å². The van der Waals surface area contributed by atoms with Crippen molar-refractivity contribution in [3.63, 3.8) is 0 Å².